The number of carbonyl (C=O) groups excluding carboxylic acids is 1. The number of piperidine rings is 1. The molecule has 1 aliphatic carbocycles. The molecular weight excluding hydrogens is 290 g/mol. The van der Waals surface area contributed by atoms with E-state index in [4.69, 9.17) is 0 Å². The molecule has 124 valence electrons. The van der Waals surface area contributed by atoms with Gasteiger partial charge in [-0.2, -0.15) is 0 Å². The lowest BCUT2D eigenvalue weighted by molar-refractivity contribution is -0.147. The van der Waals surface area contributed by atoms with Crippen LogP contribution in [0.1, 0.15) is 56.1 Å². The normalized spacial score (nSPS) is 27.3. The van der Waals surface area contributed by atoms with Gasteiger partial charge in [-0.05, 0) is 56.1 Å². The Morgan fingerprint density at radius 3 is 2.78 bits per heavy atom. The topological polar surface area (TPSA) is 57.6 Å². The summed E-state index contributed by atoms with van der Waals surface area (Å²) in [5, 5.41) is 9.24. The first-order chi connectivity index (χ1) is 11.1. The van der Waals surface area contributed by atoms with Gasteiger partial charge < -0.3 is 10.0 Å². The standard InChI is InChI=1S/C19H25NO3/c1-13-9-10-16(19(22)23)12-20(13)18(21)11-15-7-4-6-14-5-2-3-8-17(14)15/h2-3,5,8,13,15-16H,4,6-7,9-12H2,1H3,(H,22,23). The Morgan fingerprint density at radius 1 is 1.22 bits per heavy atom. The molecule has 3 unspecified atom stereocenters. The van der Waals surface area contributed by atoms with Crippen LogP contribution >= 0.6 is 0 Å². The van der Waals surface area contributed by atoms with Gasteiger partial charge in [0.1, 0.15) is 0 Å². The van der Waals surface area contributed by atoms with E-state index in [1.165, 1.54) is 11.1 Å². The van der Waals surface area contributed by atoms with E-state index in [0.29, 0.717) is 19.4 Å². The van der Waals surface area contributed by atoms with Crippen LogP contribution in [0.2, 0.25) is 0 Å². The number of aliphatic carboxylic acids is 1. The molecule has 1 aliphatic heterocycles. The van der Waals surface area contributed by atoms with Crippen molar-refractivity contribution in [3.63, 3.8) is 0 Å². The lowest BCUT2D eigenvalue weighted by atomic mass is 9.80. The lowest BCUT2D eigenvalue weighted by Crippen LogP contribution is -2.47. The van der Waals surface area contributed by atoms with Crippen molar-refractivity contribution in [2.24, 2.45) is 5.92 Å². The predicted octanol–water partition coefficient (Wildman–Crippen LogP) is 3.21. The average molecular weight is 315 g/mol. The highest BCUT2D eigenvalue weighted by Gasteiger charge is 2.34. The van der Waals surface area contributed by atoms with Gasteiger partial charge in [0.2, 0.25) is 5.91 Å². The SMILES string of the molecule is CC1CCC(C(=O)O)CN1C(=O)CC1CCCc2ccccc21. The molecule has 1 amide bonds. The third kappa shape index (κ3) is 3.41. The van der Waals surface area contributed by atoms with E-state index >= 15 is 0 Å². The van der Waals surface area contributed by atoms with Gasteiger partial charge in [0.25, 0.3) is 0 Å². The quantitative estimate of drug-likeness (QED) is 0.932. The molecule has 1 saturated heterocycles. The van der Waals surface area contributed by atoms with E-state index in [-0.39, 0.29) is 17.9 Å². The Balaban J connectivity index is 1.70. The first-order valence-corrected chi connectivity index (χ1v) is 8.66. The minimum absolute atomic E-state index is 0.116. The van der Waals surface area contributed by atoms with Crippen LogP contribution < -0.4 is 0 Å². The van der Waals surface area contributed by atoms with Crippen LogP contribution in [0.3, 0.4) is 0 Å². The minimum atomic E-state index is -0.780. The van der Waals surface area contributed by atoms with Crippen molar-refractivity contribution < 1.29 is 14.7 Å². The van der Waals surface area contributed by atoms with Gasteiger partial charge in [0.15, 0.2) is 0 Å². The van der Waals surface area contributed by atoms with Gasteiger partial charge >= 0.3 is 5.97 Å². The highest BCUT2D eigenvalue weighted by Crippen LogP contribution is 2.35. The molecule has 23 heavy (non-hydrogen) atoms. The summed E-state index contributed by atoms with van der Waals surface area (Å²) in [6.07, 6.45) is 5.24. The highest BCUT2D eigenvalue weighted by molar-refractivity contribution is 5.79. The Kier molecular flexibility index (Phi) is 4.69. The third-order valence-electron chi connectivity index (χ3n) is 5.47. The van der Waals surface area contributed by atoms with Gasteiger partial charge in [-0.1, -0.05) is 24.3 Å². The van der Waals surface area contributed by atoms with E-state index in [9.17, 15) is 14.7 Å². The van der Waals surface area contributed by atoms with Crippen molar-refractivity contribution >= 4 is 11.9 Å². The molecule has 0 radical (unpaired) electrons. The molecule has 0 saturated carbocycles. The van der Waals surface area contributed by atoms with Crippen molar-refractivity contribution in [1.82, 2.24) is 4.90 Å². The maximum Gasteiger partial charge on any atom is 0.308 e. The number of carboxylic acids is 1. The number of benzene rings is 1. The Bertz CT molecular complexity index is 598. The Labute approximate surface area is 137 Å². The summed E-state index contributed by atoms with van der Waals surface area (Å²) in [7, 11) is 0. The van der Waals surface area contributed by atoms with Gasteiger partial charge in [-0.15, -0.1) is 0 Å². The first-order valence-electron chi connectivity index (χ1n) is 8.66. The molecule has 1 N–H and O–H groups in total. The zero-order chi connectivity index (χ0) is 16.4. The molecule has 0 spiro atoms. The second kappa shape index (κ2) is 6.73. The largest absolute Gasteiger partial charge is 0.481 e. The number of nitrogens with zero attached hydrogens (tertiary/aromatic N) is 1. The summed E-state index contributed by atoms with van der Waals surface area (Å²) in [6, 6.07) is 8.57. The summed E-state index contributed by atoms with van der Waals surface area (Å²) in [6.45, 7) is 2.40. The molecule has 1 aromatic rings. The number of carbonyl (C=O) groups is 2. The van der Waals surface area contributed by atoms with E-state index < -0.39 is 11.9 Å². The molecular formula is C19H25NO3. The molecule has 3 atom stereocenters. The van der Waals surface area contributed by atoms with Gasteiger partial charge in [0.05, 0.1) is 5.92 Å². The lowest BCUT2D eigenvalue weighted by Gasteiger charge is -2.37. The second-order valence-corrected chi connectivity index (χ2v) is 7.00. The number of fused-ring (bicyclic) bond motifs is 1. The molecule has 1 aromatic carbocycles. The average Bonchev–Trinajstić information content (AvgIpc) is 2.55. The zero-order valence-electron chi connectivity index (χ0n) is 13.7. The summed E-state index contributed by atoms with van der Waals surface area (Å²) >= 11 is 0. The van der Waals surface area contributed by atoms with Crippen molar-refractivity contribution in [3.05, 3.63) is 35.4 Å². The third-order valence-corrected chi connectivity index (χ3v) is 5.47. The van der Waals surface area contributed by atoms with Crippen LogP contribution in [0.4, 0.5) is 0 Å². The molecule has 4 nitrogen and oxygen atoms in total. The van der Waals surface area contributed by atoms with Crippen LogP contribution in [0.15, 0.2) is 24.3 Å². The number of hydrogen-bond donors (Lipinski definition) is 1. The van der Waals surface area contributed by atoms with Crippen LogP contribution in [0, 0.1) is 5.92 Å². The van der Waals surface area contributed by atoms with Crippen molar-refractivity contribution in [2.45, 2.75) is 57.4 Å². The van der Waals surface area contributed by atoms with Crippen LogP contribution in [0.25, 0.3) is 0 Å². The number of aryl methyl sites for hydroxylation is 1. The monoisotopic (exact) mass is 315 g/mol. The molecule has 1 heterocycles. The Morgan fingerprint density at radius 2 is 2.00 bits per heavy atom. The number of likely N-dealkylation sites (tertiary alicyclic amines) is 1. The summed E-state index contributed by atoms with van der Waals surface area (Å²) in [5.41, 5.74) is 2.68. The summed E-state index contributed by atoms with van der Waals surface area (Å²) < 4.78 is 0. The maximum atomic E-state index is 12.8. The van der Waals surface area contributed by atoms with Crippen LogP contribution in [-0.4, -0.2) is 34.5 Å². The molecule has 0 bridgehead atoms. The second-order valence-electron chi connectivity index (χ2n) is 7.00. The fourth-order valence-electron chi connectivity index (χ4n) is 4.05. The van der Waals surface area contributed by atoms with Gasteiger partial charge in [-0.25, -0.2) is 0 Å². The number of amides is 1. The maximum absolute atomic E-state index is 12.8. The van der Waals surface area contributed by atoms with Gasteiger partial charge in [0, 0.05) is 19.0 Å². The zero-order valence-corrected chi connectivity index (χ0v) is 13.7. The van der Waals surface area contributed by atoms with Crippen LogP contribution in [-0.2, 0) is 16.0 Å². The molecule has 4 heteroatoms. The molecule has 1 fully saturated rings. The molecule has 2 aliphatic rings. The smallest absolute Gasteiger partial charge is 0.308 e. The van der Waals surface area contributed by atoms with E-state index in [0.717, 1.165) is 25.7 Å². The van der Waals surface area contributed by atoms with E-state index in [1.807, 2.05) is 13.0 Å². The predicted molar refractivity (Wildman–Crippen MR) is 88.3 cm³/mol. The first kappa shape index (κ1) is 16.0. The molecule has 0 aromatic heterocycles. The highest BCUT2D eigenvalue weighted by atomic mass is 16.4. The summed E-state index contributed by atoms with van der Waals surface area (Å²) in [5.74, 6) is -0.790. The molecule has 3 rings (SSSR count). The number of rotatable bonds is 3. The Hall–Kier alpha value is -1.84. The number of hydrogen-bond acceptors (Lipinski definition) is 2. The van der Waals surface area contributed by atoms with Crippen LogP contribution in [0.5, 0.6) is 0 Å². The van der Waals surface area contributed by atoms with Crippen molar-refractivity contribution in [2.75, 3.05) is 6.54 Å². The van der Waals surface area contributed by atoms with E-state index in [1.54, 1.807) is 4.90 Å². The minimum Gasteiger partial charge on any atom is -0.481 e. The van der Waals surface area contributed by atoms with Crippen molar-refractivity contribution in [1.29, 1.82) is 0 Å². The summed E-state index contributed by atoms with van der Waals surface area (Å²) in [4.78, 5) is 25.8. The van der Waals surface area contributed by atoms with Crippen molar-refractivity contribution in [3.8, 4) is 0 Å². The van der Waals surface area contributed by atoms with E-state index in [2.05, 4.69) is 18.2 Å². The number of carboxylic acid groups (broad SMARTS) is 1. The fourth-order valence-corrected chi connectivity index (χ4v) is 4.05. The fraction of sp³-hybridized carbons (Fsp3) is 0.579. The van der Waals surface area contributed by atoms with Gasteiger partial charge in [-0.3, -0.25) is 9.59 Å².